The molecule has 0 saturated carbocycles. The third kappa shape index (κ3) is 4.64. The lowest BCUT2D eigenvalue weighted by Gasteiger charge is -2.34. The van der Waals surface area contributed by atoms with Gasteiger partial charge in [-0.25, -0.2) is 4.98 Å². The molecule has 0 spiro atoms. The second-order valence-electron chi connectivity index (χ2n) is 6.30. The van der Waals surface area contributed by atoms with E-state index in [1.807, 2.05) is 30.5 Å². The maximum absolute atomic E-state index is 12.4. The van der Waals surface area contributed by atoms with Gasteiger partial charge in [-0.1, -0.05) is 0 Å². The van der Waals surface area contributed by atoms with E-state index >= 15 is 0 Å². The van der Waals surface area contributed by atoms with Crippen LogP contribution in [0.2, 0.25) is 0 Å². The number of aromatic nitrogens is 2. The van der Waals surface area contributed by atoms with Crippen LogP contribution >= 0.6 is 11.8 Å². The van der Waals surface area contributed by atoms with E-state index in [0.717, 1.165) is 31.9 Å². The Labute approximate surface area is 156 Å². The summed E-state index contributed by atoms with van der Waals surface area (Å²) in [5, 5.41) is 2.80. The van der Waals surface area contributed by atoms with Crippen LogP contribution in [0.3, 0.4) is 0 Å². The predicted octanol–water partition coefficient (Wildman–Crippen LogP) is 1.64. The Morgan fingerprint density at radius 1 is 1.23 bits per heavy atom. The first-order valence-electron chi connectivity index (χ1n) is 8.49. The van der Waals surface area contributed by atoms with E-state index in [0.29, 0.717) is 17.3 Å². The molecule has 7 nitrogen and oxygen atoms in total. The largest absolute Gasteiger partial charge is 0.369 e. The van der Waals surface area contributed by atoms with Crippen molar-refractivity contribution < 1.29 is 4.79 Å². The third-order valence-electron chi connectivity index (χ3n) is 4.30. The summed E-state index contributed by atoms with van der Waals surface area (Å²) < 4.78 is 0. The normalized spacial score (nSPS) is 15.1. The molecule has 2 N–H and O–H groups in total. The molecule has 26 heavy (non-hydrogen) atoms. The predicted molar refractivity (Wildman–Crippen MR) is 106 cm³/mol. The summed E-state index contributed by atoms with van der Waals surface area (Å²) in [4.78, 5) is 35.6. The van der Waals surface area contributed by atoms with Gasteiger partial charge < -0.3 is 20.1 Å². The second-order valence-corrected chi connectivity index (χ2v) is 7.17. The van der Waals surface area contributed by atoms with Gasteiger partial charge in [-0.15, -0.1) is 0 Å². The first-order valence-corrected chi connectivity index (χ1v) is 9.88. The van der Waals surface area contributed by atoms with Gasteiger partial charge in [0.1, 0.15) is 11.5 Å². The van der Waals surface area contributed by atoms with Crippen molar-refractivity contribution in [1.29, 1.82) is 0 Å². The first-order chi connectivity index (χ1) is 12.5. The van der Waals surface area contributed by atoms with Gasteiger partial charge in [-0.05, 0) is 37.6 Å². The molecule has 0 radical (unpaired) electrons. The molecule has 0 bridgehead atoms. The lowest BCUT2D eigenvalue weighted by Crippen LogP contribution is -2.44. The maximum atomic E-state index is 12.4. The highest BCUT2D eigenvalue weighted by atomic mass is 32.2. The summed E-state index contributed by atoms with van der Waals surface area (Å²) in [5.74, 6) is 0.669. The molecule has 1 aliphatic rings. The molecule has 0 unspecified atom stereocenters. The standard InChI is InChI=1S/C18H23N5O2S/c1-22-7-9-23(10-8-22)14-5-3-13(4-6-14)19-18(25)15-11-17(24)21-16(20-15)12-26-2/h3-6,11H,7-10,12H2,1-2H3,(H,19,25)(H,20,21,24). The van der Waals surface area contributed by atoms with E-state index in [2.05, 4.69) is 32.1 Å². The van der Waals surface area contributed by atoms with Gasteiger partial charge in [-0.3, -0.25) is 9.59 Å². The molecule has 8 heteroatoms. The van der Waals surface area contributed by atoms with Crippen molar-refractivity contribution in [1.82, 2.24) is 14.9 Å². The van der Waals surface area contributed by atoms with Gasteiger partial charge in [0, 0.05) is 43.6 Å². The van der Waals surface area contributed by atoms with Gasteiger partial charge in [-0.2, -0.15) is 11.8 Å². The minimum Gasteiger partial charge on any atom is -0.369 e. The van der Waals surface area contributed by atoms with Gasteiger partial charge in [0.15, 0.2) is 0 Å². The highest BCUT2D eigenvalue weighted by Crippen LogP contribution is 2.19. The van der Waals surface area contributed by atoms with Crippen LogP contribution < -0.4 is 15.8 Å². The number of H-pyrrole nitrogens is 1. The molecular formula is C18H23N5O2S. The Balaban J connectivity index is 1.67. The molecule has 138 valence electrons. The van der Waals surface area contributed by atoms with Crippen LogP contribution in [0.25, 0.3) is 0 Å². The van der Waals surface area contributed by atoms with Crippen molar-refractivity contribution in [3.8, 4) is 0 Å². The van der Waals surface area contributed by atoms with Crippen LogP contribution in [-0.2, 0) is 5.75 Å². The van der Waals surface area contributed by atoms with Gasteiger partial charge in [0.2, 0.25) is 0 Å². The first kappa shape index (κ1) is 18.5. The smallest absolute Gasteiger partial charge is 0.274 e. The molecule has 2 heterocycles. The molecule has 1 amide bonds. The molecule has 1 saturated heterocycles. The number of amides is 1. The zero-order valence-corrected chi connectivity index (χ0v) is 15.8. The van der Waals surface area contributed by atoms with E-state index < -0.39 is 0 Å². The molecule has 2 aromatic rings. The fourth-order valence-corrected chi connectivity index (χ4v) is 3.26. The molecule has 1 aliphatic heterocycles. The number of carbonyl (C=O) groups excluding carboxylic acids is 1. The fourth-order valence-electron chi connectivity index (χ4n) is 2.84. The summed E-state index contributed by atoms with van der Waals surface area (Å²) in [6.45, 7) is 4.09. The molecule has 3 rings (SSSR count). The minimum absolute atomic E-state index is 0.126. The van der Waals surface area contributed by atoms with Crippen molar-refractivity contribution in [2.24, 2.45) is 0 Å². The number of aromatic amines is 1. The van der Waals surface area contributed by atoms with Crippen LogP contribution in [-0.4, -0.2) is 60.3 Å². The quantitative estimate of drug-likeness (QED) is 0.829. The lowest BCUT2D eigenvalue weighted by atomic mass is 10.2. The number of nitrogens with zero attached hydrogens (tertiary/aromatic N) is 3. The van der Waals surface area contributed by atoms with Gasteiger partial charge in [0.05, 0.1) is 5.75 Å². The summed E-state index contributed by atoms with van der Waals surface area (Å²) in [6, 6.07) is 8.98. The number of piperazine rings is 1. The molecule has 0 atom stereocenters. The Bertz CT molecular complexity index is 813. The molecule has 1 aromatic carbocycles. The molecule has 1 aromatic heterocycles. The highest BCUT2D eigenvalue weighted by Gasteiger charge is 2.15. The summed E-state index contributed by atoms with van der Waals surface area (Å²) in [6.07, 6.45) is 1.91. The Kier molecular flexibility index (Phi) is 5.95. The summed E-state index contributed by atoms with van der Waals surface area (Å²) >= 11 is 1.53. The summed E-state index contributed by atoms with van der Waals surface area (Å²) in [7, 11) is 2.13. The third-order valence-corrected chi connectivity index (χ3v) is 4.86. The Morgan fingerprint density at radius 3 is 2.58 bits per heavy atom. The topological polar surface area (TPSA) is 81.3 Å². The van der Waals surface area contributed by atoms with Crippen molar-refractivity contribution in [3.05, 3.63) is 52.2 Å². The number of benzene rings is 1. The fraction of sp³-hybridized carbons (Fsp3) is 0.389. The number of likely N-dealkylation sites (N-methyl/N-ethyl adjacent to an activating group) is 1. The van der Waals surface area contributed by atoms with Crippen molar-refractivity contribution in [2.75, 3.05) is 49.7 Å². The van der Waals surface area contributed by atoms with E-state index in [9.17, 15) is 9.59 Å². The Morgan fingerprint density at radius 2 is 1.92 bits per heavy atom. The minimum atomic E-state index is -0.384. The van der Waals surface area contributed by atoms with Crippen LogP contribution in [0, 0.1) is 0 Å². The lowest BCUT2D eigenvalue weighted by molar-refractivity contribution is 0.102. The van der Waals surface area contributed by atoms with Crippen LogP contribution in [0.15, 0.2) is 35.1 Å². The molecular weight excluding hydrogens is 350 g/mol. The Hall–Kier alpha value is -2.32. The summed E-state index contributed by atoms with van der Waals surface area (Å²) in [5.41, 5.74) is 1.63. The molecule has 0 aliphatic carbocycles. The van der Waals surface area contributed by atoms with Gasteiger partial charge in [0.25, 0.3) is 11.5 Å². The van der Waals surface area contributed by atoms with Crippen LogP contribution in [0.4, 0.5) is 11.4 Å². The number of rotatable bonds is 5. The van der Waals surface area contributed by atoms with Crippen LogP contribution in [0.5, 0.6) is 0 Å². The van der Waals surface area contributed by atoms with E-state index in [4.69, 9.17) is 0 Å². The average Bonchev–Trinajstić information content (AvgIpc) is 2.63. The highest BCUT2D eigenvalue weighted by molar-refractivity contribution is 7.97. The monoisotopic (exact) mass is 373 g/mol. The van der Waals surface area contributed by atoms with E-state index in [1.165, 1.54) is 17.8 Å². The van der Waals surface area contributed by atoms with Crippen molar-refractivity contribution >= 4 is 29.0 Å². The number of anilines is 2. The van der Waals surface area contributed by atoms with Crippen LogP contribution in [0.1, 0.15) is 16.3 Å². The maximum Gasteiger partial charge on any atom is 0.274 e. The number of hydrogen-bond acceptors (Lipinski definition) is 6. The second kappa shape index (κ2) is 8.37. The zero-order valence-electron chi connectivity index (χ0n) is 15.0. The van der Waals surface area contributed by atoms with E-state index in [1.54, 1.807) is 0 Å². The van der Waals surface area contributed by atoms with Gasteiger partial charge >= 0.3 is 0 Å². The average molecular weight is 373 g/mol. The van der Waals surface area contributed by atoms with Crippen molar-refractivity contribution in [3.63, 3.8) is 0 Å². The number of carbonyl (C=O) groups is 1. The number of hydrogen-bond donors (Lipinski definition) is 2. The van der Waals surface area contributed by atoms with Crippen molar-refractivity contribution in [2.45, 2.75) is 5.75 Å². The molecule has 1 fully saturated rings. The van der Waals surface area contributed by atoms with E-state index in [-0.39, 0.29) is 17.2 Å². The zero-order chi connectivity index (χ0) is 18.5. The number of nitrogens with one attached hydrogen (secondary N) is 2. The number of thioether (sulfide) groups is 1. The SMILES string of the molecule is CSCc1nc(C(=O)Nc2ccc(N3CCN(C)CC3)cc2)cc(=O)[nH]1.